The summed E-state index contributed by atoms with van der Waals surface area (Å²) in [4.78, 5) is 75.4. The predicted octanol–water partition coefficient (Wildman–Crippen LogP) is 3.41. The summed E-state index contributed by atoms with van der Waals surface area (Å²) >= 11 is 0. The fourth-order valence-corrected chi connectivity index (χ4v) is 8.65. The molecule has 16 nitrogen and oxygen atoms in total. The molecule has 2 aromatic carbocycles. The summed E-state index contributed by atoms with van der Waals surface area (Å²) in [5.74, 6) is 4.95. The molecule has 4 aliphatic rings. The molecule has 0 saturated carbocycles. The third kappa shape index (κ3) is 17.2. The molecule has 68 heavy (non-hydrogen) atoms. The van der Waals surface area contributed by atoms with E-state index in [9.17, 15) is 28.8 Å². The highest BCUT2D eigenvalue weighted by Gasteiger charge is 2.35. The van der Waals surface area contributed by atoms with Gasteiger partial charge in [0.25, 0.3) is 0 Å². The second-order valence-electron chi connectivity index (χ2n) is 17.7. The van der Waals surface area contributed by atoms with Gasteiger partial charge in [0.15, 0.2) is 0 Å². The van der Waals surface area contributed by atoms with Gasteiger partial charge in [-0.1, -0.05) is 66.4 Å². The lowest BCUT2D eigenvalue weighted by Crippen LogP contribution is -2.56. The maximum absolute atomic E-state index is 13.1. The first-order valence-electron chi connectivity index (χ1n) is 24.4. The third-order valence-corrected chi connectivity index (χ3v) is 13.0. The molecule has 0 spiro atoms. The summed E-state index contributed by atoms with van der Waals surface area (Å²) < 4.78 is 11.7. The van der Waals surface area contributed by atoms with Crippen LogP contribution in [0.5, 0.6) is 0 Å². The van der Waals surface area contributed by atoms with Crippen molar-refractivity contribution >= 4 is 36.4 Å². The number of benzene rings is 2. The monoisotopic (exact) mass is 941 g/mol. The number of hydrogen-bond acceptors (Lipinski definition) is 10. The van der Waals surface area contributed by atoms with Gasteiger partial charge in [-0.2, -0.15) is 0 Å². The van der Waals surface area contributed by atoms with Crippen LogP contribution in [0.2, 0.25) is 0 Å². The molecule has 0 aromatic heterocycles. The van der Waals surface area contributed by atoms with Gasteiger partial charge in [-0.3, -0.25) is 28.8 Å². The van der Waals surface area contributed by atoms with Crippen LogP contribution in [0.1, 0.15) is 113 Å². The van der Waals surface area contributed by atoms with Crippen LogP contribution in [0.25, 0.3) is 0 Å². The van der Waals surface area contributed by atoms with Gasteiger partial charge in [-0.15, -0.1) is 0 Å². The first kappa shape index (κ1) is 55.0. The second-order valence-corrected chi connectivity index (χ2v) is 17.7. The number of likely N-dealkylation sites (N-methyl/N-ethyl adjacent to an activating group) is 2. The standard InChI is InChI=1S/C30H50N6O6.2C11H13NO/c1-21(31-5)27(37)33-25(29(39)35-15-9-10-16-35)23(3)41-19-13-7-8-14-20-42-24(4)26(34-28(38)22(2)32-6)30(40)36-17-11-12-18-36;2*13-8-12-11-7-3-5-9-4-1-2-6-10(9)11/h7,13,21-26,31-32H,9-12,15-20H2,1-6H3,(H,33,37)(H,34,38);2*1-2,4,6,8,11H,3,5,7H2,(H,12,13)/b13-7+;;/t21-,22-,23?,24?,25?,26?;11-;/m01./s1. The molecule has 2 aliphatic heterocycles. The van der Waals surface area contributed by atoms with Crippen molar-refractivity contribution < 1.29 is 38.2 Å². The predicted molar refractivity (Wildman–Crippen MR) is 263 cm³/mol. The number of carbonyl (C=O) groups excluding carboxylic acids is 6. The molecular weight excluding hydrogens is 865 g/mol. The Kier molecular flexibility index (Phi) is 24.3. The van der Waals surface area contributed by atoms with Crippen molar-refractivity contribution in [1.29, 1.82) is 0 Å². The first-order chi connectivity index (χ1) is 32.9. The fourth-order valence-electron chi connectivity index (χ4n) is 8.65. The van der Waals surface area contributed by atoms with Crippen molar-refractivity contribution in [2.75, 3.05) is 53.5 Å². The summed E-state index contributed by atoms with van der Waals surface area (Å²) in [7, 11) is 3.38. The summed E-state index contributed by atoms with van der Waals surface area (Å²) in [6.45, 7) is 10.00. The number of carbonyl (C=O) groups is 6. The number of aryl methyl sites for hydroxylation is 2. The van der Waals surface area contributed by atoms with Gasteiger partial charge < -0.3 is 51.2 Å². The van der Waals surface area contributed by atoms with Gasteiger partial charge in [-0.25, -0.2) is 0 Å². The summed E-state index contributed by atoms with van der Waals surface area (Å²) in [6.07, 6.45) is 14.4. The van der Waals surface area contributed by atoms with Gasteiger partial charge >= 0.3 is 0 Å². The maximum Gasteiger partial charge on any atom is 0.247 e. The van der Waals surface area contributed by atoms with E-state index < -0.39 is 36.4 Å². The lowest BCUT2D eigenvalue weighted by atomic mass is 9.88. The Hall–Kier alpha value is -5.60. The highest BCUT2D eigenvalue weighted by atomic mass is 16.5. The number of likely N-dealkylation sites (tertiary alicyclic amines) is 2. The minimum absolute atomic E-state index is 0.0755. The Morgan fingerprint density at radius 3 is 1.50 bits per heavy atom. The quantitative estimate of drug-likeness (QED) is 0.0897. The number of ether oxygens (including phenoxy) is 2. The van der Waals surface area contributed by atoms with E-state index in [0.717, 1.165) is 64.2 Å². The van der Waals surface area contributed by atoms with E-state index in [0.29, 0.717) is 26.2 Å². The van der Waals surface area contributed by atoms with Crippen LogP contribution in [0.15, 0.2) is 60.7 Å². The fraction of sp³-hybridized carbons (Fsp3) is 0.577. The largest absolute Gasteiger partial charge is 0.372 e. The number of allylic oxidation sites excluding steroid dienone is 1. The van der Waals surface area contributed by atoms with E-state index in [1.807, 2.05) is 12.1 Å². The lowest BCUT2D eigenvalue weighted by molar-refractivity contribution is -0.140. The van der Waals surface area contributed by atoms with Crippen molar-refractivity contribution in [3.8, 4) is 11.8 Å². The average molecular weight is 941 g/mol. The molecule has 6 N–H and O–H groups in total. The molecule has 2 saturated heterocycles. The third-order valence-electron chi connectivity index (χ3n) is 13.0. The number of hydrogen-bond donors (Lipinski definition) is 6. The number of rotatable bonds is 19. The highest BCUT2D eigenvalue weighted by Crippen LogP contribution is 2.30. The molecule has 16 heteroatoms. The zero-order valence-corrected chi connectivity index (χ0v) is 41.0. The van der Waals surface area contributed by atoms with Crippen LogP contribution in [-0.2, 0) is 51.1 Å². The van der Waals surface area contributed by atoms with Crippen molar-refractivity contribution in [3.63, 3.8) is 0 Å². The first-order valence-corrected chi connectivity index (χ1v) is 24.4. The van der Waals surface area contributed by atoms with E-state index in [2.05, 4.69) is 80.1 Å². The normalized spacial score (nSPS) is 19.8. The van der Waals surface area contributed by atoms with Gasteiger partial charge in [-0.05, 0) is 134 Å². The average Bonchev–Trinajstić information content (AvgIpc) is 4.12. The lowest BCUT2D eigenvalue weighted by Gasteiger charge is -2.29. The molecule has 5 unspecified atom stereocenters. The topological polar surface area (TPSA) is 200 Å². The van der Waals surface area contributed by atoms with E-state index >= 15 is 0 Å². The van der Waals surface area contributed by atoms with Crippen molar-refractivity contribution in [1.82, 2.24) is 41.7 Å². The minimum atomic E-state index is -0.800. The highest BCUT2D eigenvalue weighted by molar-refractivity contribution is 5.91. The van der Waals surface area contributed by atoms with Crippen molar-refractivity contribution in [2.24, 2.45) is 0 Å². The van der Waals surface area contributed by atoms with Crippen LogP contribution >= 0.6 is 0 Å². The SMILES string of the molecule is CN[C@@H](C)C(=O)NC(C(=O)N1CCCC1)C(C)OCC#C/C=C/COC(C)C(NC(=O)[C@H](C)NC)C(=O)N1CCCC1.O=CNC1CCCc2ccccc21.O=CN[C@@H]1CCCc2ccccc21. The Morgan fingerprint density at radius 2 is 1.07 bits per heavy atom. The van der Waals surface area contributed by atoms with Crippen molar-refractivity contribution in [2.45, 2.75) is 140 Å². The van der Waals surface area contributed by atoms with E-state index in [1.54, 1.807) is 63.7 Å². The molecule has 2 aliphatic carbocycles. The smallest absolute Gasteiger partial charge is 0.247 e. The number of fused-ring (bicyclic) bond motifs is 2. The molecule has 0 bridgehead atoms. The van der Waals surface area contributed by atoms with Gasteiger partial charge in [0.1, 0.15) is 18.7 Å². The van der Waals surface area contributed by atoms with Crippen molar-refractivity contribution in [3.05, 3.63) is 82.9 Å². The molecule has 8 atom stereocenters. The minimum Gasteiger partial charge on any atom is -0.372 e. The molecule has 2 aromatic rings. The Bertz CT molecular complexity index is 1950. The summed E-state index contributed by atoms with van der Waals surface area (Å²) in [5, 5.41) is 17.2. The number of amides is 6. The Balaban J connectivity index is 0.000000307. The van der Waals surface area contributed by atoms with Crippen LogP contribution in [0.4, 0.5) is 0 Å². The van der Waals surface area contributed by atoms with E-state index in [4.69, 9.17) is 9.47 Å². The van der Waals surface area contributed by atoms with E-state index in [1.165, 1.54) is 35.1 Å². The molecular formula is C52H76N8O8. The van der Waals surface area contributed by atoms with Crippen LogP contribution in [-0.4, -0.2) is 136 Å². The molecule has 2 fully saturated rings. The van der Waals surface area contributed by atoms with Crippen LogP contribution in [0, 0.1) is 11.8 Å². The zero-order chi connectivity index (χ0) is 49.3. The van der Waals surface area contributed by atoms with Gasteiger partial charge in [0.05, 0.1) is 43.0 Å². The van der Waals surface area contributed by atoms with Gasteiger partial charge in [0, 0.05) is 26.2 Å². The summed E-state index contributed by atoms with van der Waals surface area (Å²) in [5.41, 5.74) is 5.35. The number of nitrogens with zero attached hydrogens (tertiary/aromatic N) is 2. The molecule has 6 amide bonds. The Labute approximate surface area is 403 Å². The second kappa shape index (κ2) is 30.0. The molecule has 0 radical (unpaired) electrons. The number of nitrogens with one attached hydrogen (secondary N) is 6. The van der Waals surface area contributed by atoms with Crippen LogP contribution < -0.4 is 31.9 Å². The Morgan fingerprint density at radius 1 is 0.647 bits per heavy atom. The molecule has 2 heterocycles. The van der Waals surface area contributed by atoms with Gasteiger partial charge in [0.2, 0.25) is 36.4 Å². The zero-order valence-electron chi connectivity index (χ0n) is 41.0. The van der Waals surface area contributed by atoms with Crippen LogP contribution in [0.3, 0.4) is 0 Å². The summed E-state index contributed by atoms with van der Waals surface area (Å²) in [6, 6.07) is 14.7. The molecule has 6 rings (SSSR count). The van der Waals surface area contributed by atoms with E-state index in [-0.39, 0.29) is 48.9 Å². The molecule has 372 valence electrons. The maximum atomic E-state index is 13.1.